The fourth-order valence-corrected chi connectivity index (χ4v) is 5.72. The van der Waals surface area contributed by atoms with Gasteiger partial charge in [0.1, 0.15) is 15.7 Å². The molecule has 0 radical (unpaired) electrons. The van der Waals surface area contributed by atoms with Gasteiger partial charge in [-0.1, -0.05) is 6.07 Å². The number of benzene rings is 2. The van der Waals surface area contributed by atoms with Crippen molar-refractivity contribution >= 4 is 21.7 Å². The summed E-state index contributed by atoms with van der Waals surface area (Å²) < 4.78 is 118. The smallest absolute Gasteiger partial charge is 0.342 e. The predicted octanol–water partition coefficient (Wildman–Crippen LogP) is 5.76. The van der Waals surface area contributed by atoms with Crippen molar-refractivity contribution in [3.63, 3.8) is 0 Å². The van der Waals surface area contributed by atoms with Crippen LogP contribution in [0, 0.1) is 18.7 Å². The van der Waals surface area contributed by atoms with E-state index < -0.39 is 68.8 Å². The summed E-state index contributed by atoms with van der Waals surface area (Å²) in [6.45, 7) is 2.97. The normalized spacial score (nSPS) is 19.0. The van der Waals surface area contributed by atoms with Crippen LogP contribution in [-0.4, -0.2) is 62.2 Å². The summed E-state index contributed by atoms with van der Waals surface area (Å²) in [6.07, 6.45) is -9.31. The summed E-state index contributed by atoms with van der Waals surface area (Å²) in [4.78, 5) is 29.1. The number of piperidine rings is 1. The lowest BCUT2D eigenvalue weighted by atomic mass is 9.78. The van der Waals surface area contributed by atoms with Crippen LogP contribution in [0.2, 0.25) is 0 Å². The zero-order valence-corrected chi connectivity index (χ0v) is 24.1. The second-order valence-electron chi connectivity index (χ2n) is 10.7. The molecule has 232 valence electrons. The van der Waals surface area contributed by atoms with E-state index in [1.54, 1.807) is 6.92 Å². The first-order valence-corrected chi connectivity index (χ1v) is 15.0. The Morgan fingerprint density at radius 1 is 1.02 bits per heavy atom. The molecule has 2 unspecified atom stereocenters. The summed E-state index contributed by atoms with van der Waals surface area (Å²) >= 11 is 0. The van der Waals surface area contributed by atoms with Gasteiger partial charge in [-0.15, -0.1) is 0 Å². The highest BCUT2D eigenvalue weighted by molar-refractivity contribution is 7.90. The van der Waals surface area contributed by atoms with Crippen molar-refractivity contribution in [2.24, 2.45) is 5.92 Å². The third-order valence-electron chi connectivity index (χ3n) is 7.62. The average molecular weight is 625 g/mol. The van der Waals surface area contributed by atoms with Crippen molar-refractivity contribution in [2.45, 2.75) is 51.0 Å². The number of carbonyl (C=O) groups is 2. The molecule has 0 saturated carbocycles. The molecule has 6 nitrogen and oxygen atoms in total. The molecule has 2 amide bonds. The topological polar surface area (TPSA) is 74.8 Å². The van der Waals surface area contributed by atoms with E-state index in [0.29, 0.717) is 23.3 Å². The van der Waals surface area contributed by atoms with Gasteiger partial charge >= 0.3 is 12.4 Å². The van der Waals surface area contributed by atoms with Gasteiger partial charge in [-0.05, 0) is 67.3 Å². The van der Waals surface area contributed by atoms with Crippen LogP contribution in [0.4, 0.5) is 30.7 Å². The van der Waals surface area contributed by atoms with E-state index in [0.717, 1.165) is 11.2 Å². The van der Waals surface area contributed by atoms with Crippen molar-refractivity contribution in [2.75, 3.05) is 32.1 Å². The summed E-state index contributed by atoms with van der Waals surface area (Å²) in [5.41, 5.74) is -2.35. The number of rotatable bonds is 7. The average Bonchev–Trinajstić information content (AvgIpc) is 2.88. The molecule has 2 aromatic rings. The number of carbonyl (C=O) groups excluding carboxylic acids is 2. The second-order valence-corrected chi connectivity index (χ2v) is 12.9. The van der Waals surface area contributed by atoms with Gasteiger partial charge in [0.15, 0.2) is 0 Å². The summed E-state index contributed by atoms with van der Waals surface area (Å²) in [7, 11) is -2.15. The van der Waals surface area contributed by atoms with Gasteiger partial charge in [-0.2, -0.15) is 26.3 Å². The number of alkyl halides is 6. The molecule has 1 aliphatic heterocycles. The van der Waals surface area contributed by atoms with E-state index in [1.807, 2.05) is 0 Å². The highest BCUT2D eigenvalue weighted by Crippen LogP contribution is 2.40. The molecule has 0 N–H and O–H groups in total. The molecule has 0 aromatic heterocycles. The molecule has 1 aliphatic rings. The quantitative estimate of drug-likeness (QED) is 0.368. The summed E-state index contributed by atoms with van der Waals surface area (Å²) in [5, 5.41) is 0. The van der Waals surface area contributed by atoms with Crippen LogP contribution in [0.1, 0.15) is 59.5 Å². The Morgan fingerprint density at radius 2 is 1.60 bits per heavy atom. The van der Waals surface area contributed by atoms with Crippen LogP contribution >= 0.6 is 0 Å². The van der Waals surface area contributed by atoms with E-state index >= 15 is 0 Å². The van der Waals surface area contributed by atoms with Crippen LogP contribution in [-0.2, 0) is 31.8 Å². The largest absolute Gasteiger partial charge is 0.416 e. The van der Waals surface area contributed by atoms with Crippen molar-refractivity contribution in [1.29, 1.82) is 0 Å². The first-order valence-electron chi connectivity index (χ1n) is 13.0. The van der Waals surface area contributed by atoms with Crippen LogP contribution in [0.15, 0.2) is 36.4 Å². The Morgan fingerprint density at radius 3 is 2.10 bits per heavy atom. The molecule has 1 heterocycles. The van der Waals surface area contributed by atoms with Crippen molar-refractivity contribution in [3.8, 4) is 0 Å². The van der Waals surface area contributed by atoms with Crippen molar-refractivity contribution in [1.82, 2.24) is 9.80 Å². The zero-order valence-electron chi connectivity index (χ0n) is 23.3. The number of hydrogen-bond donors (Lipinski definition) is 0. The monoisotopic (exact) mass is 624 g/mol. The molecular weight excluding hydrogens is 593 g/mol. The molecule has 1 fully saturated rings. The van der Waals surface area contributed by atoms with Crippen LogP contribution < -0.4 is 0 Å². The van der Waals surface area contributed by atoms with E-state index in [1.165, 1.54) is 37.1 Å². The highest BCUT2D eigenvalue weighted by atomic mass is 32.2. The molecule has 14 heteroatoms. The highest BCUT2D eigenvalue weighted by Gasteiger charge is 2.41. The molecule has 0 bridgehead atoms. The van der Waals surface area contributed by atoms with Gasteiger partial charge in [0, 0.05) is 44.6 Å². The van der Waals surface area contributed by atoms with Crippen LogP contribution in [0.25, 0.3) is 0 Å². The molecule has 0 aliphatic carbocycles. The molecular formula is C28H31F7N2O4S. The van der Waals surface area contributed by atoms with Gasteiger partial charge < -0.3 is 9.80 Å². The molecule has 3 rings (SSSR count). The number of halogens is 7. The first kappa shape index (κ1) is 33.3. The molecule has 1 saturated heterocycles. The Balaban J connectivity index is 1.96. The molecule has 3 atom stereocenters. The minimum Gasteiger partial charge on any atom is -0.342 e. The number of sulfone groups is 1. The third kappa shape index (κ3) is 8.01. The van der Waals surface area contributed by atoms with E-state index in [9.17, 15) is 48.7 Å². The Labute approximate surface area is 239 Å². The molecule has 2 aromatic carbocycles. The Hall–Kier alpha value is -3.16. The summed E-state index contributed by atoms with van der Waals surface area (Å²) in [6, 6.07) is 3.87. The molecule has 0 spiro atoms. The van der Waals surface area contributed by atoms with E-state index in [4.69, 9.17) is 0 Å². The van der Waals surface area contributed by atoms with E-state index in [-0.39, 0.29) is 43.3 Å². The first-order chi connectivity index (χ1) is 19.2. The lowest BCUT2D eigenvalue weighted by Gasteiger charge is -2.41. The van der Waals surface area contributed by atoms with Crippen LogP contribution in [0.3, 0.4) is 0 Å². The number of nitrogens with zero attached hydrogens (tertiary/aromatic N) is 2. The van der Waals surface area contributed by atoms with Crippen LogP contribution in [0.5, 0.6) is 0 Å². The van der Waals surface area contributed by atoms with Gasteiger partial charge in [-0.25, -0.2) is 12.8 Å². The van der Waals surface area contributed by atoms with Gasteiger partial charge in [-0.3, -0.25) is 9.59 Å². The SMILES string of the molecule is Cc1cc(F)ccc1C1CN(C(=O)CCS(C)(=O)=O)CCC1C(=O)N(C)[C@H](C)c1cc(C(F)(F)F)cc(C(F)(F)F)c1. The number of hydrogen-bond acceptors (Lipinski definition) is 4. The maximum absolute atomic E-state index is 13.9. The number of amides is 2. The maximum atomic E-state index is 13.9. The third-order valence-corrected chi connectivity index (χ3v) is 8.57. The van der Waals surface area contributed by atoms with Crippen molar-refractivity contribution in [3.05, 3.63) is 70.0 Å². The number of aryl methyl sites for hydroxylation is 1. The van der Waals surface area contributed by atoms with Crippen molar-refractivity contribution < 1.29 is 48.7 Å². The van der Waals surface area contributed by atoms with Gasteiger partial charge in [0.2, 0.25) is 11.8 Å². The fraction of sp³-hybridized carbons (Fsp3) is 0.500. The Kier molecular flexibility index (Phi) is 9.70. The Bertz CT molecular complexity index is 1410. The van der Waals surface area contributed by atoms with Gasteiger partial charge in [0.05, 0.1) is 22.9 Å². The molecule has 42 heavy (non-hydrogen) atoms. The van der Waals surface area contributed by atoms with Gasteiger partial charge in [0.25, 0.3) is 0 Å². The second kappa shape index (κ2) is 12.2. The summed E-state index contributed by atoms with van der Waals surface area (Å²) in [5.74, 6) is -3.50. The minimum atomic E-state index is -5.06. The zero-order chi connectivity index (χ0) is 31.8. The lowest BCUT2D eigenvalue weighted by molar-refractivity contribution is -0.143. The standard InChI is InChI=1S/C28H31F7N2O4S/c1-16-11-21(29)5-6-22(16)24-15-37(25(38)8-10-42(4,40)41)9-7-23(24)26(39)36(3)17(2)18-12-19(27(30,31)32)14-20(13-18)28(33,34)35/h5-6,11-14,17,23-24H,7-10,15H2,1-4H3/t17-,23?,24?/m1/s1. The fourth-order valence-electron chi connectivity index (χ4n) is 5.17. The predicted molar refractivity (Wildman–Crippen MR) is 141 cm³/mol. The minimum absolute atomic E-state index is 0.0158. The maximum Gasteiger partial charge on any atom is 0.416 e. The number of likely N-dealkylation sites (tertiary alicyclic amines) is 1. The lowest BCUT2D eigenvalue weighted by Crippen LogP contribution is -2.48. The van der Waals surface area contributed by atoms with E-state index in [2.05, 4.69) is 0 Å².